The number of alkyl halides is 2. The molecule has 37 heavy (non-hydrogen) atoms. The molecule has 0 aliphatic heterocycles. The first kappa shape index (κ1) is 24.5. The summed E-state index contributed by atoms with van der Waals surface area (Å²) in [6, 6.07) is 5.81. The topological polar surface area (TPSA) is 80.4 Å². The highest BCUT2D eigenvalue weighted by Crippen LogP contribution is 2.36. The van der Waals surface area contributed by atoms with Crippen molar-refractivity contribution in [3.8, 4) is 22.4 Å². The molecule has 0 saturated carbocycles. The van der Waals surface area contributed by atoms with Crippen LogP contribution >= 0.6 is 11.6 Å². The Hall–Kier alpha value is -4.19. The number of hydrogen-bond donors (Lipinski definition) is 0. The molecule has 8 nitrogen and oxygen atoms in total. The Bertz CT molecular complexity index is 1580. The van der Waals surface area contributed by atoms with Crippen LogP contribution in [0, 0.1) is 16.8 Å². The number of aromatic nitrogens is 7. The van der Waals surface area contributed by atoms with Gasteiger partial charge >= 0.3 is 0 Å². The van der Waals surface area contributed by atoms with E-state index in [0.29, 0.717) is 10.3 Å². The van der Waals surface area contributed by atoms with Crippen molar-refractivity contribution in [2.75, 3.05) is 0 Å². The summed E-state index contributed by atoms with van der Waals surface area (Å²) in [7, 11) is 1.77. The zero-order valence-corrected chi connectivity index (χ0v) is 19.9. The van der Waals surface area contributed by atoms with Gasteiger partial charge in [0.1, 0.15) is 5.82 Å². The number of rotatable bonds is 7. The lowest BCUT2D eigenvalue weighted by Gasteiger charge is -2.18. The van der Waals surface area contributed by atoms with E-state index in [0.717, 1.165) is 36.4 Å². The van der Waals surface area contributed by atoms with Gasteiger partial charge in [-0.15, -0.1) is 0 Å². The second-order valence-electron chi connectivity index (χ2n) is 8.24. The molecule has 190 valence electrons. The lowest BCUT2D eigenvalue weighted by atomic mass is 9.99. The molecular formula is C24H18ClF4N7O. The minimum Gasteiger partial charge on any atom is -0.618 e. The van der Waals surface area contributed by atoms with Gasteiger partial charge in [-0.3, -0.25) is 14.0 Å². The predicted octanol–water partition coefficient (Wildman–Crippen LogP) is 4.94. The summed E-state index contributed by atoms with van der Waals surface area (Å²) >= 11 is 5.83. The molecule has 1 atom stereocenters. The highest BCUT2D eigenvalue weighted by molar-refractivity contribution is 6.31. The first-order valence-corrected chi connectivity index (χ1v) is 11.3. The van der Waals surface area contributed by atoms with E-state index in [1.807, 2.05) is 0 Å². The SMILES string of the molecule is Cn1nccc1-c1cnn(C(Cn2cc(F)cn2)c2ccc(-c3c(C(F)F)ccc(Cl)c3F)c[n+]2[O-])c1. The average Bonchev–Trinajstić information content (AvgIpc) is 3.60. The number of aryl methyl sites for hydroxylation is 1. The summed E-state index contributed by atoms with van der Waals surface area (Å²) in [6.45, 7) is 0.0197. The molecule has 1 aromatic carbocycles. The Balaban J connectivity index is 1.59. The van der Waals surface area contributed by atoms with Crippen molar-refractivity contribution in [1.82, 2.24) is 29.3 Å². The van der Waals surface area contributed by atoms with E-state index < -0.39 is 35.2 Å². The molecule has 4 heterocycles. The van der Waals surface area contributed by atoms with E-state index in [1.165, 1.54) is 21.5 Å². The van der Waals surface area contributed by atoms with Gasteiger partial charge in [0.25, 0.3) is 6.43 Å². The van der Waals surface area contributed by atoms with Crippen molar-refractivity contribution < 1.29 is 22.3 Å². The third kappa shape index (κ3) is 4.67. The smallest absolute Gasteiger partial charge is 0.264 e. The standard InChI is InChI=1S/C24H18ClF4N7O/c1-33-19(6-7-30-33)15-8-32-35(10-15)21(13-34-12-16(26)9-31-34)20-5-2-14(11-36(20)37)22-17(24(28)29)3-4-18(25)23(22)27/h2-12,21,24H,13H2,1H3. The van der Waals surface area contributed by atoms with Gasteiger partial charge in [0.05, 0.1) is 41.4 Å². The molecule has 1 unspecified atom stereocenters. The maximum atomic E-state index is 14.8. The maximum Gasteiger partial charge on any atom is 0.264 e. The molecule has 0 spiro atoms. The number of halogens is 5. The van der Waals surface area contributed by atoms with Crippen LogP contribution in [0.1, 0.15) is 23.7 Å². The van der Waals surface area contributed by atoms with Crippen LogP contribution in [0.5, 0.6) is 0 Å². The van der Waals surface area contributed by atoms with Crippen LogP contribution in [-0.4, -0.2) is 29.3 Å². The summed E-state index contributed by atoms with van der Waals surface area (Å²) in [5.41, 5.74) is 0.507. The molecule has 4 aromatic heterocycles. The van der Waals surface area contributed by atoms with Crippen LogP contribution in [0.2, 0.25) is 5.02 Å². The molecule has 0 aliphatic rings. The predicted molar refractivity (Wildman–Crippen MR) is 126 cm³/mol. The van der Waals surface area contributed by atoms with Crippen molar-refractivity contribution >= 4 is 11.6 Å². The largest absolute Gasteiger partial charge is 0.618 e. The zero-order valence-electron chi connectivity index (χ0n) is 19.1. The monoisotopic (exact) mass is 531 g/mol. The average molecular weight is 532 g/mol. The maximum absolute atomic E-state index is 14.8. The highest BCUT2D eigenvalue weighted by Gasteiger charge is 2.27. The lowest BCUT2D eigenvalue weighted by molar-refractivity contribution is -0.615. The Morgan fingerprint density at radius 2 is 1.81 bits per heavy atom. The van der Waals surface area contributed by atoms with Gasteiger partial charge in [-0.2, -0.15) is 20.0 Å². The number of pyridine rings is 1. The van der Waals surface area contributed by atoms with Crippen LogP contribution in [-0.2, 0) is 13.6 Å². The second-order valence-corrected chi connectivity index (χ2v) is 8.65. The van der Waals surface area contributed by atoms with Gasteiger partial charge in [0.15, 0.2) is 18.1 Å². The Kier molecular flexibility index (Phi) is 6.42. The molecular weight excluding hydrogens is 514 g/mol. The minimum atomic E-state index is -2.99. The first-order valence-electron chi connectivity index (χ1n) is 10.9. The Morgan fingerprint density at radius 1 is 1.00 bits per heavy atom. The fourth-order valence-electron chi connectivity index (χ4n) is 4.17. The zero-order chi connectivity index (χ0) is 26.3. The summed E-state index contributed by atoms with van der Waals surface area (Å²) in [5.74, 6) is -1.61. The number of benzene rings is 1. The molecule has 5 rings (SSSR count). The number of nitrogens with zero attached hydrogens (tertiary/aromatic N) is 7. The summed E-state index contributed by atoms with van der Waals surface area (Å²) in [5, 5.41) is 25.3. The molecule has 0 radical (unpaired) electrons. The molecule has 0 amide bonds. The van der Waals surface area contributed by atoms with Crippen molar-refractivity contribution in [3.05, 3.63) is 101 Å². The van der Waals surface area contributed by atoms with Crippen molar-refractivity contribution in [1.29, 1.82) is 0 Å². The van der Waals surface area contributed by atoms with Crippen LogP contribution in [0.25, 0.3) is 22.4 Å². The third-order valence-electron chi connectivity index (χ3n) is 5.94. The quantitative estimate of drug-likeness (QED) is 0.169. The van der Waals surface area contributed by atoms with E-state index in [1.54, 1.807) is 36.4 Å². The molecule has 0 bridgehead atoms. The molecule has 5 aromatic rings. The Morgan fingerprint density at radius 3 is 2.46 bits per heavy atom. The fraction of sp³-hybridized carbons (Fsp3) is 0.167. The van der Waals surface area contributed by atoms with Crippen LogP contribution in [0.4, 0.5) is 17.6 Å². The van der Waals surface area contributed by atoms with E-state index in [9.17, 15) is 22.8 Å². The van der Waals surface area contributed by atoms with Gasteiger partial charge < -0.3 is 5.21 Å². The molecule has 0 fully saturated rings. The van der Waals surface area contributed by atoms with Gasteiger partial charge in [-0.25, -0.2) is 17.6 Å². The van der Waals surface area contributed by atoms with Gasteiger partial charge in [0.2, 0.25) is 5.69 Å². The van der Waals surface area contributed by atoms with Gasteiger partial charge in [-0.1, -0.05) is 17.7 Å². The van der Waals surface area contributed by atoms with E-state index in [-0.39, 0.29) is 22.8 Å². The minimum absolute atomic E-state index is 0.0197. The highest BCUT2D eigenvalue weighted by atomic mass is 35.5. The lowest BCUT2D eigenvalue weighted by Crippen LogP contribution is -2.37. The van der Waals surface area contributed by atoms with Crippen molar-refractivity contribution in [3.63, 3.8) is 0 Å². The molecule has 0 saturated heterocycles. The third-order valence-corrected chi connectivity index (χ3v) is 6.23. The summed E-state index contributed by atoms with van der Waals surface area (Å²) in [6.07, 6.45) is 5.12. The van der Waals surface area contributed by atoms with Crippen LogP contribution in [0.3, 0.4) is 0 Å². The summed E-state index contributed by atoms with van der Waals surface area (Å²) < 4.78 is 60.5. The molecule has 13 heteroatoms. The second kappa shape index (κ2) is 9.69. The van der Waals surface area contributed by atoms with Crippen LogP contribution in [0.15, 0.2) is 67.5 Å². The number of hydrogen-bond acceptors (Lipinski definition) is 4. The van der Waals surface area contributed by atoms with Crippen molar-refractivity contribution in [2.45, 2.75) is 19.0 Å². The van der Waals surface area contributed by atoms with E-state index >= 15 is 0 Å². The van der Waals surface area contributed by atoms with Gasteiger partial charge in [0, 0.05) is 42.2 Å². The first-order chi connectivity index (χ1) is 17.7. The van der Waals surface area contributed by atoms with E-state index in [4.69, 9.17) is 11.6 Å². The van der Waals surface area contributed by atoms with Crippen molar-refractivity contribution in [2.24, 2.45) is 7.05 Å². The normalized spacial score (nSPS) is 12.4. The van der Waals surface area contributed by atoms with Gasteiger partial charge in [-0.05, 0) is 18.2 Å². The molecule has 0 aliphatic carbocycles. The summed E-state index contributed by atoms with van der Waals surface area (Å²) in [4.78, 5) is 0. The fourth-order valence-corrected chi connectivity index (χ4v) is 4.32. The Labute approximate surface area is 212 Å². The van der Waals surface area contributed by atoms with Crippen LogP contribution < -0.4 is 4.73 Å². The van der Waals surface area contributed by atoms with E-state index in [2.05, 4.69) is 15.3 Å². The molecule has 0 N–H and O–H groups in total.